The third-order valence-corrected chi connectivity index (χ3v) is 3.49. The van der Waals surface area contributed by atoms with Crippen molar-refractivity contribution in [2.24, 2.45) is 5.73 Å². The fourth-order valence-electron chi connectivity index (χ4n) is 2.34. The second kappa shape index (κ2) is 6.68. The van der Waals surface area contributed by atoms with E-state index in [9.17, 15) is 0 Å². The van der Waals surface area contributed by atoms with Gasteiger partial charge in [-0.05, 0) is 12.5 Å². The van der Waals surface area contributed by atoms with E-state index in [1.54, 1.807) is 0 Å². The van der Waals surface area contributed by atoms with Crippen molar-refractivity contribution < 1.29 is 0 Å². The monoisotopic (exact) mass is 284 g/mol. The Labute approximate surface area is 127 Å². The van der Waals surface area contributed by atoms with Crippen molar-refractivity contribution in [3.63, 3.8) is 0 Å². The third kappa shape index (κ3) is 3.79. The van der Waals surface area contributed by atoms with E-state index in [2.05, 4.69) is 67.0 Å². The molecule has 0 saturated carbocycles. The molecule has 21 heavy (non-hydrogen) atoms. The highest BCUT2D eigenvalue weighted by molar-refractivity contribution is 5.49. The third-order valence-electron chi connectivity index (χ3n) is 3.49. The summed E-state index contributed by atoms with van der Waals surface area (Å²) >= 11 is 0. The molecule has 1 aromatic heterocycles. The van der Waals surface area contributed by atoms with E-state index < -0.39 is 0 Å². The zero-order chi connectivity index (χ0) is 15.4. The molecular formula is C17H24N4. The first-order valence-corrected chi connectivity index (χ1v) is 7.33. The van der Waals surface area contributed by atoms with E-state index in [1.807, 2.05) is 6.20 Å². The molecule has 2 rings (SSSR count). The van der Waals surface area contributed by atoms with Crippen LogP contribution in [0.2, 0.25) is 0 Å². The number of nitrogens with zero attached hydrogens (tertiary/aromatic N) is 3. The van der Waals surface area contributed by atoms with E-state index in [1.165, 1.54) is 11.1 Å². The van der Waals surface area contributed by atoms with E-state index in [-0.39, 0.29) is 0 Å². The van der Waals surface area contributed by atoms with Crippen LogP contribution < -0.4 is 10.6 Å². The summed E-state index contributed by atoms with van der Waals surface area (Å²) in [5.74, 6) is 1.16. The predicted octanol–water partition coefficient (Wildman–Crippen LogP) is 3.00. The summed E-state index contributed by atoms with van der Waals surface area (Å²) in [6.45, 7) is 7.53. The van der Waals surface area contributed by atoms with Gasteiger partial charge in [-0.15, -0.1) is 0 Å². The maximum Gasteiger partial charge on any atom is 0.131 e. The topological polar surface area (TPSA) is 55.0 Å². The molecule has 0 atom stereocenters. The van der Waals surface area contributed by atoms with Crippen LogP contribution in [0.4, 0.5) is 5.69 Å². The van der Waals surface area contributed by atoms with Crippen LogP contribution in [0.1, 0.15) is 42.4 Å². The van der Waals surface area contributed by atoms with Crippen molar-refractivity contribution in [1.82, 2.24) is 9.97 Å². The summed E-state index contributed by atoms with van der Waals surface area (Å²) in [5.41, 5.74) is 10.3. The first-order valence-electron chi connectivity index (χ1n) is 7.33. The van der Waals surface area contributed by atoms with E-state index >= 15 is 0 Å². The van der Waals surface area contributed by atoms with E-state index in [0.717, 1.165) is 23.8 Å². The molecule has 0 fully saturated rings. The predicted molar refractivity (Wildman–Crippen MR) is 87.3 cm³/mol. The largest absolute Gasteiger partial charge is 0.368 e. The Hall–Kier alpha value is -1.94. The van der Waals surface area contributed by atoms with Gasteiger partial charge in [-0.1, -0.05) is 43.7 Å². The Morgan fingerprint density at radius 1 is 1.29 bits per heavy atom. The van der Waals surface area contributed by atoms with Crippen molar-refractivity contribution in [2.45, 2.75) is 39.8 Å². The highest BCUT2D eigenvalue weighted by atomic mass is 15.1. The fourth-order valence-corrected chi connectivity index (χ4v) is 2.34. The van der Waals surface area contributed by atoms with Crippen LogP contribution in [0.25, 0.3) is 0 Å². The molecule has 1 heterocycles. The Bertz CT molecular complexity index is 607. The SMILES string of the molecule is Cc1cccc(CN(C)c2cnc(C(C)C)nc2CN)c1. The second-order valence-electron chi connectivity index (χ2n) is 5.76. The minimum absolute atomic E-state index is 0.312. The average molecular weight is 284 g/mol. The average Bonchev–Trinajstić information content (AvgIpc) is 2.46. The Morgan fingerprint density at radius 3 is 2.67 bits per heavy atom. The van der Waals surface area contributed by atoms with Crippen LogP contribution >= 0.6 is 0 Å². The summed E-state index contributed by atoms with van der Waals surface area (Å²) < 4.78 is 0. The molecule has 0 unspecified atom stereocenters. The summed E-state index contributed by atoms with van der Waals surface area (Å²) in [6, 6.07) is 8.52. The van der Waals surface area contributed by atoms with Gasteiger partial charge in [0.25, 0.3) is 0 Å². The minimum atomic E-state index is 0.312. The lowest BCUT2D eigenvalue weighted by Gasteiger charge is -2.22. The zero-order valence-electron chi connectivity index (χ0n) is 13.3. The Kier molecular flexibility index (Phi) is 4.91. The van der Waals surface area contributed by atoms with E-state index in [0.29, 0.717) is 12.5 Å². The van der Waals surface area contributed by atoms with Gasteiger partial charge in [0.05, 0.1) is 17.6 Å². The first-order chi connectivity index (χ1) is 10.0. The van der Waals surface area contributed by atoms with Crippen molar-refractivity contribution >= 4 is 5.69 Å². The fraction of sp³-hybridized carbons (Fsp3) is 0.412. The minimum Gasteiger partial charge on any atom is -0.368 e. The number of anilines is 1. The molecule has 2 aromatic rings. The molecule has 0 aliphatic heterocycles. The molecule has 1 aromatic carbocycles. The lowest BCUT2D eigenvalue weighted by Crippen LogP contribution is -2.21. The first kappa shape index (κ1) is 15.4. The molecular weight excluding hydrogens is 260 g/mol. The van der Waals surface area contributed by atoms with Gasteiger partial charge in [-0.3, -0.25) is 0 Å². The van der Waals surface area contributed by atoms with Crippen LogP contribution in [0.3, 0.4) is 0 Å². The molecule has 4 nitrogen and oxygen atoms in total. The van der Waals surface area contributed by atoms with Gasteiger partial charge < -0.3 is 10.6 Å². The van der Waals surface area contributed by atoms with Gasteiger partial charge in [0, 0.05) is 26.1 Å². The quantitative estimate of drug-likeness (QED) is 0.917. The second-order valence-corrected chi connectivity index (χ2v) is 5.76. The molecule has 112 valence electrons. The van der Waals surface area contributed by atoms with Crippen LogP contribution in [0.15, 0.2) is 30.5 Å². The molecule has 0 spiro atoms. The summed E-state index contributed by atoms with van der Waals surface area (Å²) in [7, 11) is 2.05. The van der Waals surface area contributed by atoms with Crippen LogP contribution in [-0.4, -0.2) is 17.0 Å². The van der Waals surface area contributed by atoms with Gasteiger partial charge in [-0.2, -0.15) is 0 Å². The number of rotatable bonds is 5. The lowest BCUT2D eigenvalue weighted by atomic mass is 10.1. The molecule has 0 amide bonds. The van der Waals surface area contributed by atoms with Crippen LogP contribution in [0.5, 0.6) is 0 Å². The lowest BCUT2D eigenvalue weighted by molar-refractivity contribution is 0.748. The van der Waals surface area contributed by atoms with Crippen LogP contribution in [-0.2, 0) is 13.1 Å². The number of benzene rings is 1. The molecule has 4 heteroatoms. The Balaban J connectivity index is 2.24. The molecule has 0 aliphatic rings. The highest BCUT2D eigenvalue weighted by Crippen LogP contribution is 2.21. The number of aromatic nitrogens is 2. The van der Waals surface area contributed by atoms with Crippen molar-refractivity contribution in [3.8, 4) is 0 Å². The standard InChI is InChI=1S/C17H24N4/c1-12(2)17-19-10-16(15(9-18)20-17)21(4)11-14-7-5-6-13(3)8-14/h5-8,10,12H,9,11,18H2,1-4H3. The summed E-state index contributed by atoms with van der Waals surface area (Å²) in [4.78, 5) is 11.2. The summed E-state index contributed by atoms with van der Waals surface area (Å²) in [6.07, 6.45) is 1.89. The molecule has 0 bridgehead atoms. The number of hydrogen-bond acceptors (Lipinski definition) is 4. The normalized spacial score (nSPS) is 11.0. The summed E-state index contributed by atoms with van der Waals surface area (Å²) in [5, 5.41) is 0. The van der Waals surface area contributed by atoms with Crippen LogP contribution in [0, 0.1) is 6.92 Å². The smallest absolute Gasteiger partial charge is 0.131 e. The number of aryl methyl sites for hydroxylation is 1. The number of nitrogens with two attached hydrogens (primary N) is 1. The van der Waals surface area contributed by atoms with Gasteiger partial charge in [-0.25, -0.2) is 9.97 Å². The maximum atomic E-state index is 5.86. The van der Waals surface area contributed by atoms with Gasteiger partial charge in [0.1, 0.15) is 5.82 Å². The van der Waals surface area contributed by atoms with E-state index in [4.69, 9.17) is 5.73 Å². The Morgan fingerprint density at radius 2 is 2.05 bits per heavy atom. The van der Waals surface area contributed by atoms with Crippen molar-refractivity contribution in [1.29, 1.82) is 0 Å². The zero-order valence-corrected chi connectivity index (χ0v) is 13.3. The number of hydrogen-bond donors (Lipinski definition) is 1. The highest BCUT2D eigenvalue weighted by Gasteiger charge is 2.12. The maximum absolute atomic E-state index is 5.86. The van der Waals surface area contributed by atoms with Gasteiger partial charge in [0.2, 0.25) is 0 Å². The van der Waals surface area contributed by atoms with Gasteiger partial charge in [0.15, 0.2) is 0 Å². The molecule has 0 radical (unpaired) electrons. The molecule has 0 saturated heterocycles. The van der Waals surface area contributed by atoms with Gasteiger partial charge >= 0.3 is 0 Å². The molecule has 0 aliphatic carbocycles. The van der Waals surface area contributed by atoms with Crippen molar-refractivity contribution in [2.75, 3.05) is 11.9 Å². The molecule has 2 N–H and O–H groups in total. The van der Waals surface area contributed by atoms with Crippen molar-refractivity contribution in [3.05, 3.63) is 53.1 Å².